The number of ether oxygens (including phenoxy) is 1. The third kappa shape index (κ3) is 5.13. The molecule has 1 aliphatic rings. The van der Waals surface area contributed by atoms with Crippen molar-refractivity contribution in [2.24, 2.45) is 5.92 Å². The van der Waals surface area contributed by atoms with Gasteiger partial charge in [-0.05, 0) is 63.3 Å². The largest absolute Gasteiger partial charge is 0.379 e. The summed E-state index contributed by atoms with van der Waals surface area (Å²) in [5.74, 6) is 0.798. The lowest BCUT2D eigenvalue weighted by atomic mass is 10.0. The zero-order chi connectivity index (χ0) is 13.7. The first-order valence-electron chi connectivity index (χ1n) is 7.27. The van der Waals surface area contributed by atoms with E-state index < -0.39 is 0 Å². The summed E-state index contributed by atoms with van der Waals surface area (Å²) >= 11 is 5.95. The number of halogens is 1. The van der Waals surface area contributed by atoms with Crippen LogP contribution < -0.4 is 5.32 Å². The maximum atomic E-state index is 5.95. The van der Waals surface area contributed by atoms with Gasteiger partial charge in [-0.1, -0.05) is 23.7 Å². The molecule has 2 nitrogen and oxygen atoms in total. The molecule has 0 spiro atoms. The summed E-state index contributed by atoms with van der Waals surface area (Å²) in [6.45, 7) is 6.00. The van der Waals surface area contributed by atoms with Gasteiger partial charge in [0.05, 0.1) is 6.10 Å². The summed E-state index contributed by atoms with van der Waals surface area (Å²) in [5, 5.41) is 4.48. The lowest BCUT2D eigenvalue weighted by molar-refractivity contribution is 0.0766. The Morgan fingerprint density at radius 2 is 1.95 bits per heavy atom. The first-order valence-corrected chi connectivity index (χ1v) is 7.65. The summed E-state index contributed by atoms with van der Waals surface area (Å²) < 4.78 is 5.56. The van der Waals surface area contributed by atoms with Crippen molar-refractivity contribution in [3.8, 4) is 0 Å². The molecule has 19 heavy (non-hydrogen) atoms. The monoisotopic (exact) mass is 281 g/mol. The molecule has 1 fully saturated rings. The maximum absolute atomic E-state index is 5.95. The zero-order valence-corrected chi connectivity index (χ0v) is 12.6. The van der Waals surface area contributed by atoms with Crippen LogP contribution in [0.1, 0.15) is 44.7 Å². The van der Waals surface area contributed by atoms with Crippen LogP contribution in [-0.4, -0.2) is 19.3 Å². The molecular weight excluding hydrogens is 258 g/mol. The van der Waals surface area contributed by atoms with Crippen molar-refractivity contribution in [2.75, 3.05) is 13.2 Å². The van der Waals surface area contributed by atoms with Crippen molar-refractivity contribution in [2.45, 2.75) is 45.3 Å². The first kappa shape index (κ1) is 14.8. The van der Waals surface area contributed by atoms with Crippen molar-refractivity contribution >= 4 is 11.6 Å². The van der Waals surface area contributed by atoms with E-state index in [2.05, 4.69) is 31.3 Å². The molecule has 3 heteroatoms. The molecule has 1 aliphatic carbocycles. The van der Waals surface area contributed by atoms with Crippen LogP contribution in [0.3, 0.4) is 0 Å². The highest BCUT2D eigenvalue weighted by molar-refractivity contribution is 6.30. The zero-order valence-electron chi connectivity index (χ0n) is 11.9. The Morgan fingerprint density at radius 1 is 1.26 bits per heavy atom. The molecule has 0 amide bonds. The maximum Gasteiger partial charge on any atom is 0.0518 e. The predicted octanol–water partition coefficient (Wildman–Crippen LogP) is 4.20. The minimum absolute atomic E-state index is 0.329. The average molecular weight is 282 g/mol. The van der Waals surface area contributed by atoms with Gasteiger partial charge in [0.25, 0.3) is 0 Å². The highest BCUT2D eigenvalue weighted by Gasteiger charge is 2.31. The van der Waals surface area contributed by atoms with Gasteiger partial charge in [-0.3, -0.25) is 0 Å². The molecule has 2 rings (SSSR count). The van der Waals surface area contributed by atoms with Gasteiger partial charge in [0.2, 0.25) is 0 Å². The molecule has 0 aliphatic heterocycles. The number of rotatable bonds is 8. The van der Waals surface area contributed by atoms with E-state index in [0.29, 0.717) is 12.1 Å². The Balaban J connectivity index is 1.78. The molecule has 0 aromatic heterocycles. The van der Waals surface area contributed by atoms with Crippen molar-refractivity contribution in [3.05, 3.63) is 34.9 Å². The third-order valence-corrected chi connectivity index (χ3v) is 3.71. The molecule has 1 atom stereocenters. The van der Waals surface area contributed by atoms with Gasteiger partial charge >= 0.3 is 0 Å². The van der Waals surface area contributed by atoms with Gasteiger partial charge in [0, 0.05) is 17.7 Å². The molecule has 0 heterocycles. The summed E-state index contributed by atoms with van der Waals surface area (Å²) in [5.41, 5.74) is 1.36. The molecule has 0 bridgehead atoms. The van der Waals surface area contributed by atoms with Gasteiger partial charge in [0.15, 0.2) is 0 Å². The van der Waals surface area contributed by atoms with Crippen LogP contribution in [0.15, 0.2) is 24.3 Å². The quantitative estimate of drug-likeness (QED) is 0.721. The summed E-state index contributed by atoms with van der Waals surface area (Å²) in [6.07, 6.45) is 4.07. The number of benzene rings is 1. The first-order chi connectivity index (χ1) is 9.16. The van der Waals surface area contributed by atoms with E-state index in [-0.39, 0.29) is 0 Å². The second kappa shape index (κ2) is 7.28. The SMILES string of the molecule is CC(C)OCCCNC(c1ccc(Cl)cc1)C1CC1. The molecular formula is C16H24ClNO. The van der Waals surface area contributed by atoms with E-state index in [9.17, 15) is 0 Å². The normalized spacial score (nSPS) is 16.8. The van der Waals surface area contributed by atoms with Gasteiger partial charge in [-0.25, -0.2) is 0 Å². The number of hydrogen-bond acceptors (Lipinski definition) is 2. The van der Waals surface area contributed by atoms with E-state index in [1.807, 2.05) is 12.1 Å². The smallest absolute Gasteiger partial charge is 0.0518 e. The van der Waals surface area contributed by atoms with Gasteiger partial charge in [0.1, 0.15) is 0 Å². The molecule has 106 valence electrons. The topological polar surface area (TPSA) is 21.3 Å². The standard InChI is InChI=1S/C16H24ClNO/c1-12(2)19-11-3-10-18-16(13-4-5-13)14-6-8-15(17)9-7-14/h6-9,12-13,16,18H,3-5,10-11H2,1-2H3. The van der Waals surface area contributed by atoms with Crippen molar-refractivity contribution in [3.63, 3.8) is 0 Å². The second-order valence-electron chi connectivity index (χ2n) is 5.59. The Morgan fingerprint density at radius 3 is 2.53 bits per heavy atom. The lowest BCUT2D eigenvalue weighted by Gasteiger charge is -2.19. The van der Waals surface area contributed by atoms with E-state index in [0.717, 1.165) is 30.5 Å². The fourth-order valence-corrected chi connectivity index (χ4v) is 2.43. The average Bonchev–Trinajstić information content (AvgIpc) is 3.19. The predicted molar refractivity (Wildman–Crippen MR) is 80.6 cm³/mol. The second-order valence-corrected chi connectivity index (χ2v) is 6.03. The van der Waals surface area contributed by atoms with E-state index in [1.54, 1.807) is 0 Å². The van der Waals surface area contributed by atoms with Crippen LogP contribution in [0.25, 0.3) is 0 Å². The van der Waals surface area contributed by atoms with Crippen LogP contribution in [-0.2, 0) is 4.74 Å². The van der Waals surface area contributed by atoms with Crippen LogP contribution in [0, 0.1) is 5.92 Å². The van der Waals surface area contributed by atoms with Crippen LogP contribution in [0.5, 0.6) is 0 Å². The minimum atomic E-state index is 0.329. The van der Waals surface area contributed by atoms with Gasteiger partial charge in [-0.2, -0.15) is 0 Å². The van der Waals surface area contributed by atoms with Crippen molar-refractivity contribution < 1.29 is 4.74 Å². The molecule has 1 aromatic rings. The third-order valence-electron chi connectivity index (χ3n) is 3.46. The minimum Gasteiger partial charge on any atom is -0.379 e. The molecule has 0 saturated heterocycles. The summed E-state index contributed by atoms with van der Waals surface area (Å²) in [4.78, 5) is 0. The molecule has 1 unspecified atom stereocenters. The highest BCUT2D eigenvalue weighted by atomic mass is 35.5. The van der Waals surface area contributed by atoms with Crippen LogP contribution >= 0.6 is 11.6 Å². The fourth-order valence-electron chi connectivity index (χ4n) is 2.31. The number of nitrogens with one attached hydrogen (secondary N) is 1. The van der Waals surface area contributed by atoms with E-state index in [1.165, 1.54) is 18.4 Å². The fraction of sp³-hybridized carbons (Fsp3) is 0.625. The Hall–Kier alpha value is -0.570. The van der Waals surface area contributed by atoms with E-state index in [4.69, 9.17) is 16.3 Å². The van der Waals surface area contributed by atoms with Crippen LogP contribution in [0.2, 0.25) is 5.02 Å². The highest BCUT2D eigenvalue weighted by Crippen LogP contribution is 2.41. The Kier molecular flexibility index (Phi) is 5.68. The van der Waals surface area contributed by atoms with Gasteiger partial charge < -0.3 is 10.1 Å². The van der Waals surface area contributed by atoms with Crippen LogP contribution in [0.4, 0.5) is 0 Å². The Labute approximate surface area is 121 Å². The van der Waals surface area contributed by atoms with Gasteiger partial charge in [-0.15, -0.1) is 0 Å². The Bertz CT molecular complexity index is 373. The van der Waals surface area contributed by atoms with Crippen molar-refractivity contribution in [1.82, 2.24) is 5.32 Å². The molecule has 1 aromatic carbocycles. The number of hydrogen-bond donors (Lipinski definition) is 1. The lowest BCUT2D eigenvalue weighted by Crippen LogP contribution is -2.25. The molecule has 1 saturated carbocycles. The van der Waals surface area contributed by atoms with Crippen molar-refractivity contribution in [1.29, 1.82) is 0 Å². The summed E-state index contributed by atoms with van der Waals surface area (Å²) in [6, 6.07) is 8.73. The van der Waals surface area contributed by atoms with E-state index >= 15 is 0 Å². The molecule has 0 radical (unpaired) electrons. The molecule has 1 N–H and O–H groups in total. The summed E-state index contributed by atoms with van der Waals surface area (Å²) in [7, 11) is 0.